The number of ether oxygens (including phenoxy) is 1. The summed E-state index contributed by atoms with van der Waals surface area (Å²) in [6, 6.07) is 19.3. The molecule has 6 nitrogen and oxygen atoms in total. The van der Waals surface area contributed by atoms with Gasteiger partial charge in [0.15, 0.2) is 0 Å². The first-order valence-electron chi connectivity index (χ1n) is 9.14. The highest BCUT2D eigenvalue weighted by molar-refractivity contribution is 5.75. The second-order valence-corrected chi connectivity index (χ2v) is 6.68. The zero-order chi connectivity index (χ0) is 19.1. The molecule has 1 fully saturated rings. The molecule has 2 aromatic rings. The lowest BCUT2D eigenvalue weighted by atomic mass is 9.81. The van der Waals surface area contributed by atoms with Crippen molar-refractivity contribution in [1.29, 1.82) is 0 Å². The number of nitrogens with zero attached hydrogens (tertiary/aromatic N) is 1. The molecule has 0 radical (unpaired) electrons. The van der Waals surface area contributed by atoms with E-state index in [4.69, 9.17) is 4.74 Å². The van der Waals surface area contributed by atoms with Gasteiger partial charge >= 0.3 is 12.1 Å². The monoisotopic (exact) mass is 367 g/mol. The highest BCUT2D eigenvalue weighted by Crippen LogP contribution is 2.33. The third kappa shape index (κ3) is 4.58. The summed E-state index contributed by atoms with van der Waals surface area (Å²) >= 11 is 0. The minimum absolute atomic E-state index is 0.223. The van der Waals surface area contributed by atoms with E-state index in [2.05, 4.69) is 10.6 Å². The number of carbonyl (C=O) groups is 2. The molecule has 0 unspecified atom stereocenters. The standard InChI is InChI=1S/C21H25N3O3/c1-22-19(25)23-21(18-10-6-3-7-11-18)12-14-24(15-13-21)20(26)27-16-17-8-4-2-5-9-17/h2-11H,12-16H2,1H3,(H2,22,23,25). The van der Waals surface area contributed by atoms with Gasteiger partial charge in [0, 0.05) is 20.1 Å². The molecule has 0 bridgehead atoms. The molecule has 0 atom stereocenters. The fourth-order valence-electron chi connectivity index (χ4n) is 3.40. The smallest absolute Gasteiger partial charge is 0.410 e. The number of piperidine rings is 1. The molecule has 3 amide bonds. The summed E-state index contributed by atoms with van der Waals surface area (Å²) < 4.78 is 5.43. The first-order chi connectivity index (χ1) is 13.1. The summed E-state index contributed by atoms with van der Waals surface area (Å²) in [4.78, 5) is 26.1. The van der Waals surface area contributed by atoms with Crippen molar-refractivity contribution in [3.63, 3.8) is 0 Å². The van der Waals surface area contributed by atoms with Crippen molar-refractivity contribution in [3.8, 4) is 0 Å². The molecular formula is C21H25N3O3. The van der Waals surface area contributed by atoms with Gasteiger partial charge in [-0.25, -0.2) is 9.59 Å². The van der Waals surface area contributed by atoms with Crippen molar-refractivity contribution in [3.05, 3.63) is 71.8 Å². The Hall–Kier alpha value is -3.02. The molecule has 1 heterocycles. The number of carbonyl (C=O) groups excluding carboxylic acids is 2. The molecule has 0 aliphatic carbocycles. The lowest BCUT2D eigenvalue weighted by molar-refractivity contribution is 0.0735. The second-order valence-electron chi connectivity index (χ2n) is 6.68. The molecular weight excluding hydrogens is 342 g/mol. The molecule has 0 spiro atoms. The van der Waals surface area contributed by atoms with Gasteiger partial charge in [0.25, 0.3) is 0 Å². The van der Waals surface area contributed by atoms with E-state index in [0.717, 1.165) is 11.1 Å². The third-order valence-electron chi connectivity index (χ3n) is 4.99. The quantitative estimate of drug-likeness (QED) is 0.871. The number of benzene rings is 2. The van der Waals surface area contributed by atoms with Crippen LogP contribution in [-0.2, 0) is 16.9 Å². The van der Waals surface area contributed by atoms with Crippen molar-refractivity contribution < 1.29 is 14.3 Å². The predicted molar refractivity (Wildman–Crippen MR) is 103 cm³/mol. The van der Waals surface area contributed by atoms with Crippen LogP contribution in [0.25, 0.3) is 0 Å². The summed E-state index contributed by atoms with van der Waals surface area (Å²) in [5, 5.41) is 5.71. The van der Waals surface area contributed by atoms with E-state index in [1.807, 2.05) is 60.7 Å². The van der Waals surface area contributed by atoms with Crippen molar-refractivity contribution in [2.75, 3.05) is 20.1 Å². The van der Waals surface area contributed by atoms with Crippen LogP contribution in [0.1, 0.15) is 24.0 Å². The van der Waals surface area contributed by atoms with Crippen LogP contribution in [0.4, 0.5) is 9.59 Å². The van der Waals surface area contributed by atoms with Gasteiger partial charge in [-0.15, -0.1) is 0 Å². The maximum Gasteiger partial charge on any atom is 0.410 e. The molecule has 6 heteroatoms. The molecule has 3 rings (SSSR count). The van der Waals surface area contributed by atoms with E-state index in [1.165, 1.54) is 0 Å². The lowest BCUT2D eigenvalue weighted by Gasteiger charge is -2.42. The number of rotatable bonds is 4. The van der Waals surface area contributed by atoms with Crippen molar-refractivity contribution in [1.82, 2.24) is 15.5 Å². The normalized spacial score (nSPS) is 15.7. The number of urea groups is 1. The van der Waals surface area contributed by atoms with Gasteiger partial charge in [0.2, 0.25) is 0 Å². The minimum Gasteiger partial charge on any atom is -0.445 e. The molecule has 27 heavy (non-hydrogen) atoms. The fourth-order valence-corrected chi connectivity index (χ4v) is 3.40. The zero-order valence-corrected chi connectivity index (χ0v) is 15.5. The highest BCUT2D eigenvalue weighted by atomic mass is 16.6. The Morgan fingerprint density at radius 2 is 1.59 bits per heavy atom. The lowest BCUT2D eigenvalue weighted by Crippen LogP contribution is -2.55. The van der Waals surface area contributed by atoms with E-state index < -0.39 is 5.54 Å². The van der Waals surface area contributed by atoms with E-state index in [1.54, 1.807) is 11.9 Å². The maximum atomic E-state index is 12.4. The Kier molecular flexibility index (Phi) is 5.96. The molecule has 1 saturated heterocycles. The summed E-state index contributed by atoms with van der Waals surface area (Å²) in [7, 11) is 1.60. The fraction of sp³-hybridized carbons (Fsp3) is 0.333. The maximum absolute atomic E-state index is 12.4. The Morgan fingerprint density at radius 3 is 2.19 bits per heavy atom. The van der Waals surface area contributed by atoms with Gasteiger partial charge in [-0.3, -0.25) is 0 Å². The average molecular weight is 367 g/mol. The first kappa shape index (κ1) is 18.8. The predicted octanol–water partition coefficient (Wildman–Crippen LogP) is 3.24. The molecule has 2 N–H and O–H groups in total. The molecule has 1 aliphatic heterocycles. The summed E-state index contributed by atoms with van der Waals surface area (Å²) in [6.07, 6.45) is 0.941. The van der Waals surface area contributed by atoms with Gasteiger partial charge < -0.3 is 20.3 Å². The largest absolute Gasteiger partial charge is 0.445 e. The van der Waals surface area contributed by atoms with Crippen LogP contribution in [-0.4, -0.2) is 37.2 Å². The Balaban J connectivity index is 1.63. The van der Waals surface area contributed by atoms with Crippen LogP contribution in [0.5, 0.6) is 0 Å². The van der Waals surface area contributed by atoms with E-state index in [9.17, 15) is 9.59 Å². The van der Waals surface area contributed by atoms with E-state index in [-0.39, 0.29) is 18.7 Å². The third-order valence-corrected chi connectivity index (χ3v) is 4.99. The Bertz CT molecular complexity index is 757. The van der Waals surface area contributed by atoms with Crippen molar-refractivity contribution >= 4 is 12.1 Å². The molecule has 142 valence electrons. The second kappa shape index (κ2) is 8.58. The summed E-state index contributed by atoms with van der Waals surface area (Å²) in [6.45, 7) is 1.30. The van der Waals surface area contributed by atoms with Crippen LogP contribution >= 0.6 is 0 Å². The van der Waals surface area contributed by atoms with E-state index >= 15 is 0 Å². The number of nitrogens with one attached hydrogen (secondary N) is 2. The molecule has 1 aliphatic rings. The van der Waals surface area contributed by atoms with Gasteiger partial charge in [-0.1, -0.05) is 60.7 Å². The topological polar surface area (TPSA) is 70.7 Å². The molecule has 0 saturated carbocycles. The van der Waals surface area contributed by atoms with Crippen LogP contribution in [0.3, 0.4) is 0 Å². The van der Waals surface area contributed by atoms with Gasteiger partial charge in [0.1, 0.15) is 6.61 Å². The Morgan fingerprint density at radius 1 is 1.00 bits per heavy atom. The van der Waals surface area contributed by atoms with Crippen LogP contribution in [0.2, 0.25) is 0 Å². The zero-order valence-electron chi connectivity index (χ0n) is 15.5. The Labute approximate surface area is 159 Å². The van der Waals surface area contributed by atoms with Gasteiger partial charge in [-0.2, -0.15) is 0 Å². The van der Waals surface area contributed by atoms with Gasteiger partial charge in [-0.05, 0) is 24.0 Å². The van der Waals surface area contributed by atoms with E-state index in [0.29, 0.717) is 25.9 Å². The summed E-state index contributed by atoms with van der Waals surface area (Å²) in [5.74, 6) is 0. The number of amides is 3. The number of hydrogen-bond donors (Lipinski definition) is 2. The first-order valence-corrected chi connectivity index (χ1v) is 9.14. The van der Waals surface area contributed by atoms with Crippen molar-refractivity contribution in [2.45, 2.75) is 25.0 Å². The van der Waals surface area contributed by atoms with Gasteiger partial charge in [0.05, 0.1) is 5.54 Å². The van der Waals surface area contributed by atoms with Crippen molar-refractivity contribution in [2.24, 2.45) is 0 Å². The minimum atomic E-state index is -0.489. The van der Waals surface area contributed by atoms with Crippen LogP contribution < -0.4 is 10.6 Å². The molecule has 0 aromatic heterocycles. The average Bonchev–Trinajstić information content (AvgIpc) is 2.74. The summed E-state index contributed by atoms with van der Waals surface area (Å²) in [5.41, 5.74) is 1.52. The number of hydrogen-bond acceptors (Lipinski definition) is 3. The SMILES string of the molecule is CNC(=O)NC1(c2ccccc2)CCN(C(=O)OCc2ccccc2)CC1. The van der Waals surface area contributed by atoms with Crippen LogP contribution in [0, 0.1) is 0 Å². The molecule has 2 aromatic carbocycles. The van der Waals surface area contributed by atoms with Crippen LogP contribution in [0.15, 0.2) is 60.7 Å². The highest BCUT2D eigenvalue weighted by Gasteiger charge is 2.39. The number of likely N-dealkylation sites (tertiary alicyclic amines) is 1.